The Kier molecular flexibility index (Phi) is 3.93. The van der Waals surface area contributed by atoms with Gasteiger partial charge in [-0.15, -0.1) is 10.2 Å². The number of aromatic nitrogens is 5. The highest BCUT2D eigenvalue weighted by Crippen LogP contribution is 2.41. The highest BCUT2D eigenvalue weighted by Gasteiger charge is 2.31. The number of rotatable bonds is 5. The molecule has 1 unspecified atom stereocenters. The van der Waals surface area contributed by atoms with Crippen LogP contribution in [0.25, 0.3) is 0 Å². The minimum absolute atomic E-state index is 0.507. The molecule has 124 valence electrons. The lowest BCUT2D eigenvalue weighted by Crippen LogP contribution is -2.35. The molecule has 1 atom stereocenters. The number of piperidine rings is 1. The van der Waals surface area contributed by atoms with Gasteiger partial charge in [0, 0.05) is 50.3 Å². The maximum absolute atomic E-state index is 4.70. The van der Waals surface area contributed by atoms with Crippen molar-refractivity contribution in [2.45, 2.75) is 57.5 Å². The van der Waals surface area contributed by atoms with Crippen LogP contribution in [0.15, 0.2) is 12.5 Å². The van der Waals surface area contributed by atoms with Crippen LogP contribution < -0.4 is 0 Å². The van der Waals surface area contributed by atoms with Crippen LogP contribution in [0.2, 0.25) is 0 Å². The summed E-state index contributed by atoms with van der Waals surface area (Å²) in [6.45, 7) is 6.39. The minimum Gasteiger partial charge on any atom is -0.318 e. The van der Waals surface area contributed by atoms with Crippen LogP contribution in [0.4, 0.5) is 0 Å². The molecule has 0 radical (unpaired) electrons. The van der Waals surface area contributed by atoms with Gasteiger partial charge in [-0.05, 0) is 39.2 Å². The van der Waals surface area contributed by atoms with Gasteiger partial charge in [-0.2, -0.15) is 5.10 Å². The molecule has 2 fully saturated rings. The molecule has 6 nitrogen and oxygen atoms in total. The second kappa shape index (κ2) is 6.07. The second-order valence-electron chi connectivity index (χ2n) is 7.04. The smallest absolute Gasteiger partial charge is 0.137 e. The fourth-order valence-electron chi connectivity index (χ4n) is 3.85. The van der Waals surface area contributed by atoms with Crippen molar-refractivity contribution in [2.24, 2.45) is 7.05 Å². The normalized spacial score (nSPS) is 22.6. The van der Waals surface area contributed by atoms with Crippen LogP contribution in [0, 0.1) is 0 Å². The van der Waals surface area contributed by atoms with Gasteiger partial charge in [-0.1, -0.05) is 0 Å². The molecule has 0 spiro atoms. The molecule has 2 aromatic heterocycles. The predicted molar refractivity (Wildman–Crippen MR) is 88.1 cm³/mol. The number of hydrogen-bond acceptors (Lipinski definition) is 4. The van der Waals surface area contributed by atoms with Crippen LogP contribution in [-0.2, 0) is 20.1 Å². The molecule has 1 saturated heterocycles. The first-order valence-corrected chi connectivity index (χ1v) is 8.87. The zero-order valence-corrected chi connectivity index (χ0v) is 14.1. The Morgan fingerprint density at radius 3 is 2.87 bits per heavy atom. The van der Waals surface area contributed by atoms with Crippen LogP contribution in [0.1, 0.15) is 61.5 Å². The lowest BCUT2D eigenvalue weighted by molar-refractivity contribution is 0.194. The van der Waals surface area contributed by atoms with E-state index in [4.69, 9.17) is 5.10 Å². The van der Waals surface area contributed by atoms with Crippen molar-refractivity contribution in [1.82, 2.24) is 29.4 Å². The van der Waals surface area contributed by atoms with Gasteiger partial charge in [0.25, 0.3) is 0 Å². The van der Waals surface area contributed by atoms with Crippen LogP contribution in [0.5, 0.6) is 0 Å². The Morgan fingerprint density at radius 2 is 2.09 bits per heavy atom. The third-order valence-corrected chi connectivity index (χ3v) is 5.15. The predicted octanol–water partition coefficient (Wildman–Crippen LogP) is 2.29. The molecule has 3 heterocycles. The fourth-order valence-corrected chi connectivity index (χ4v) is 3.85. The molecule has 0 amide bonds. The first-order valence-electron chi connectivity index (χ1n) is 8.87. The molecule has 0 aromatic carbocycles. The number of likely N-dealkylation sites (tertiary alicyclic amines) is 1. The topological polar surface area (TPSA) is 51.8 Å². The molecule has 0 N–H and O–H groups in total. The average Bonchev–Trinajstić information content (AvgIpc) is 3.17. The van der Waals surface area contributed by atoms with Gasteiger partial charge < -0.3 is 4.57 Å². The summed E-state index contributed by atoms with van der Waals surface area (Å²) in [4.78, 5) is 2.58. The van der Waals surface area contributed by atoms with Crippen LogP contribution >= 0.6 is 0 Å². The van der Waals surface area contributed by atoms with E-state index >= 15 is 0 Å². The highest BCUT2D eigenvalue weighted by molar-refractivity contribution is 5.25. The van der Waals surface area contributed by atoms with E-state index in [1.165, 1.54) is 43.5 Å². The highest BCUT2D eigenvalue weighted by atomic mass is 15.3. The van der Waals surface area contributed by atoms with Crippen molar-refractivity contribution in [1.29, 1.82) is 0 Å². The molecule has 2 aromatic rings. The summed E-state index contributed by atoms with van der Waals surface area (Å²) in [5.74, 6) is 2.38. The van der Waals surface area contributed by atoms with Crippen LogP contribution in [-0.4, -0.2) is 42.5 Å². The summed E-state index contributed by atoms with van der Waals surface area (Å²) in [5.41, 5.74) is 2.76. The van der Waals surface area contributed by atoms with Crippen molar-refractivity contribution in [3.63, 3.8) is 0 Å². The lowest BCUT2D eigenvalue weighted by atomic mass is 9.96. The van der Waals surface area contributed by atoms with E-state index in [1.54, 1.807) is 0 Å². The van der Waals surface area contributed by atoms with Gasteiger partial charge in [-0.25, -0.2) is 0 Å². The minimum atomic E-state index is 0.507. The van der Waals surface area contributed by atoms with Crippen molar-refractivity contribution < 1.29 is 0 Å². The first kappa shape index (κ1) is 14.9. The van der Waals surface area contributed by atoms with Crippen molar-refractivity contribution in [3.8, 4) is 0 Å². The molecule has 2 aliphatic rings. The molecule has 0 bridgehead atoms. The van der Waals surface area contributed by atoms with E-state index < -0.39 is 0 Å². The monoisotopic (exact) mass is 314 g/mol. The molecule has 23 heavy (non-hydrogen) atoms. The molecule has 1 saturated carbocycles. The third kappa shape index (κ3) is 3.04. The summed E-state index contributed by atoms with van der Waals surface area (Å²) in [6, 6.07) is 0. The lowest BCUT2D eigenvalue weighted by Gasteiger charge is -2.32. The quantitative estimate of drug-likeness (QED) is 0.849. The number of aryl methyl sites for hydroxylation is 2. The largest absolute Gasteiger partial charge is 0.318 e. The van der Waals surface area contributed by atoms with Gasteiger partial charge in [0.05, 0.1) is 5.69 Å². The van der Waals surface area contributed by atoms with Crippen molar-refractivity contribution in [2.75, 3.05) is 13.1 Å². The third-order valence-electron chi connectivity index (χ3n) is 5.15. The summed E-state index contributed by atoms with van der Waals surface area (Å²) in [6.07, 6.45) is 9.16. The number of nitrogens with zero attached hydrogens (tertiary/aromatic N) is 6. The van der Waals surface area contributed by atoms with Crippen LogP contribution in [0.3, 0.4) is 0 Å². The van der Waals surface area contributed by atoms with Gasteiger partial charge in [0.2, 0.25) is 0 Å². The SMILES string of the molecule is CCn1cnnc1C1CCCN(Cc2cn(C)nc2C2CC2)C1. The zero-order chi connectivity index (χ0) is 15.8. The van der Waals surface area contributed by atoms with E-state index in [9.17, 15) is 0 Å². The summed E-state index contributed by atoms with van der Waals surface area (Å²) in [5, 5.41) is 13.2. The van der Waals surface area contributed by atoms with E-state index in [0.717, 1.165) is 31.4 Å². The Balaban J connectivity index is 1.47. The van der Waals surface area contributed by atoms with Gasteiger partial charge in [0.15, 0.2) is 0 Å². The molecular formula is C17H26N6. The molecule has 1 aliphatic carbocycles. The van der Waals surface area contributed by atoms with Gasteiger partial charge in [0.1, 0.15) is 12.2 Å². The van der Waals surface area contributed by atoms with E-state index in [-0.39, 0.29) is 0 Å². The van der Waals surface area contributed by atoms with E-state index in [1.807, 2.05) is 18.1 Å². The van der Waals surface area contributed by atoms with Gasteiger partial charge >= 0.3 is 0 Å². The maximum Gasteiger partial charge on any atom is 0.137 e. The van der Waals surface area contributed by atoms with Crippen molar-refractivity contribution >= 4 is 0 Å². The molecular weight excluding hydrogens is 288 g/mol. The first-order chi connectivity index (χ1) is 11.2. The molecule has 4 rings (SSSR count). The second-order valence-corrected chi connectivity index (χ2v) is 7.04. The maximum atomic E-state index is 4.70. The standard InChI is InChI=1S/C17H26N6/c1-3-23-12-18-19-17(23)14-5-4-8-22(10-14)11-15-9-21(2)20-16(15)13-6-7-13/h9,12-14H,3-8,10-11H2,1-2H3. The average molecular weight is 314 g/mol. The zero-order valence-electron chi connectivity index (χ0n) is 14.1. The van der Waals surface area contributed by atoms with E-state index in [2.05, 4.69) is 32.8 Å². The summed E-state index contributed by atoms with van der Waals surface area (Å²) >= 11 is 0. The Bertz CT molecular complexity index is 668. The Labute approximate surface area is 137 Å². The fraction of sp³-hybridized carbons (Fsp3) is 0.706. The molecule has 6 heteroatoms. The summed E-state index contributed by atoms with van der Waals surface area (Å²) < 4.78 is 4.17. The Hall–Kier alpha value is -1.69. The van der Waals surface area contributed by atoms with Crippen molar-refractivity contribution in [3.05, 3.63) is 29.6 Å². The van der Waals surface area contributed by atoms with E-state index in [0.29, 0.717) is 5.92 Å². The van der Waals surface area contributed by atoms with Gasteiger partial charge in [-0.3, -0.25) is 9.58 Å². The number of hydrogen-bond donors (Lipinski definition) is 0. The Morgan fingerprint density at radius 1 is 1.22 bits per heavy atom. The summed E-state index contributed by atoms with van der Waals surface area (Å²) in [7, 11) is 2.04. The molecule has 1 aliphatic heterocycles.